The van der Waals surface area contributed by atoms with Crippen molar-refractivity contribution in [3.05, 3.63) is 57.9 Å². The summed E-state index contributed by atoms with van der Waals surface area (Å²) >= 11 is 1.53. The second kappa shape index (κ2) is 5.38. The number of nitrogens with zero attached hydrogens (tertiary/aromatic N) is 1. The highest BCUT2D eigenvalue weighted by molar-refractivity contribution is 7.09. The minimum Gasteiger partial charge on any atom is -0.503 e. The lowest BCUT2D eigenvalue weighted by Gasteiger charge is -2.24. The first-order valence-electron chi connectivity index (χ1n) is 7.51. The molecule has 0 radical (unpaired) electrons. The number of hydrogen-bond donors (Lipinski definition) is 1. The van der Waals surface area contributed by atoms with Crippen LogP contribution in [0.4, 0.5) is 0 Å². The quantitative estimate of drug-likeness (QED) is 0.914. The molecule has 23 heavy (non-hydrogen) atoms. The maximum Gasteiger partial charge on any atom is 0.290 e. The molecule has 1 N–H and O–H groups in total. The molecule has 1 amide bonds. The van der Waals surface area contributed by atoms with Gasteiger partial charge in [-0.1, -0.05) is 6.07 Å². The lowest BCUT2D eigenvalue weighted by atomic mass is 9.98. The summed E-state index contributed by atoms with van der Waals surface area (Å²) < 4.78 is 5.46. The molecule has 1 atom stereocenters. The average molecular weight is 329 g/mol. The molecule has 1 saturated carbocycles. The topological polar surface area (TPSA) is 70.8 Å². The predicted octanol–water partition coefficient (Wildman–Crippen LogP) is 3.22. The van der Waals surface area contributed by atoms with E-state index < -0.39 is 17.7 Å². The molecule has 0 spiro atoms. The molecule has 0 saturated heterocycles. The molecule has 4 rings (SSSR count). The van der Waals surface area contributed by atoms with Gasteiger partial charge in [-0.15, -0.1) is 11.3 Å². The molecule has 1 fully saturated rings. The summed E-state index contributed by atoms with van der Waals surface area (Å²) in [6.45, 7) is 0.341. The van der Waals surface area contributed by atoms with Crippen LogP contribution in [0.3, 0.4) is 0 Å². The van der Waals surface area contributed by atoms with Gasteiger partial charge in [0.05, 0.1) is 18.4 Å². The Bertz CT molecular complexity index is 772. The van der Waals surface area contributed by atoms with Gasteiger partial charge in [-0.2, -0.15) is 0 Å². The highest BCUT2D eigenvalue weighted by Gasteiger charge is 2.48. The molecular formula is C17H15NO4S. The third-order valence-electron chi connectivity index (χ3n) is 4.24. The van der Waals surface area contributed by atoms with Crippen LogP contribution in [0.1, 0.15) is 29.5 Å². The van der Waals surface area contributed by atoms with E-state index in [1.165, 1.54) is 22.5 Å². The van der Waals surface area contributed by atoms with Crippen molar-refractivity contribution in [3.63, 3.8) is 0 Å². The van der Waals surface area contributed by atoms with Gasteiger partial charge in [0.15, 0.2) is 11.5 Å². The number of aliphatic hydroxyl groups excluding tert-OH is 1. The zero-order chi connectivity index (χ0) is 16.0. The van der Waals surface area contributed by atoms with Crippen molar-refractivity contribution in [2.45, 2.75) is 25.4 Å². The summed E-state index contributed by atoms with van der Waals surface area (Å²) in [6.07, 6.45) is 3.15. The van der Waals surface area contributed by atoms with Crippen LogP contribution in [0.25, 0.3) is 0 Å². The standard InChI is InChI=1S/C17H15NO4S/c19-15(10-5-6-10)13-14(12-4-1-7-22-12)18(17(21)16(13)20)9-11-3-2-8-23-11/h1-4,7-8,10,14,20H,5-6,9H2. The second-order valence-electron chi connectivity index (χ2n) is 5.83. The van der Waals surface area contributed by atoms with Crippen molar-refractivity contribution < 1.29 is 19.1 Å². The van der Waals surface area contributed by atoms with E-state index in [4.69, 9.17) is 4.42 Å². The molecular weight excluding hydrogens is 314 g/mol. The molecule has 0 bridgehead atoms. The molecule has 2 aliphatic rings. The molecule has 2 aromatic heterocycles. The van der Waals surface area contributed by atoms with Crippen molar-refractivity contribution in [3.8, 4) is 0 Å². The van der Waals surface area contributed by atoms with Crippen LogP contribution in [0.2, 0.25) is 0 Å². The fraction of sp³-hybridized carbons (Fsp3) is 0.294. The maximum absolute atomic E-state index is 12.6. The van der Waals surface area contributed by atoms with Crippen LogP contribution in [0.15, 0.2) is 51.7 Å². The van der Waals surface area contributed by atoms with Crippen LogP contribution in [0, 0.1) is 5.92 Å². The van der Waals surface area contributed by atoms with E-state index in [0.717, 1.165) is 17.7 Å². The predicted molar refractivity (Wildman–Crippen MR) is 83.7 cm³/mol. The highest BCUT2D eigenvalue weighted by atomic mass is 32.1. The van der Waals surface area contributed by atoms with E-state index in [-0.39, 0.29) is 17.3 Å². The minimum absolute atomic E-state index is 0.0703. The van der Waals surface area contributed by atoms with Crippen molar-refractivity contribution in [2.75, 3.05) is 0 Å². The zero-order valence-electron chi connectivity index (χ0n) is 12.3. The Morgan fingerprint density at radius 3 is 2.78 bits per heavy atom. The molecule has 1 aliphatic heterocycles. The Balaban J connectivity index is 1.74. The second-order valence-corrected chi connectivity index (χ2v) is 6.86. The number of rotatable bonds is 5. The Hall–Kier alpha value is -2.34. The van der Waals surface area contributed by atoms with E-state index >= 15 is 0 Å². The summed E-state index contributed by atoms with van der Waals surface area (Å²) in [5.74, 6) is -0.642. The van der Waals surface area contributed by atoms with Gasteiger partial charge in [0.1, 0.15) is 11.8 Å². The first-order valence-corrected chi connectivity index (χ1v) is 8.39. The SMILES string of the molecule is O=C(C1=C(O)C(=O)N(Cc2cccs2)C1c1ccco1)C1CC1. The lowest BCUT2D eigenvalue weighted by molar-refractivity contribution is -0.130. The van der Waals surface area contributed by atoms with Gasteiger partial charge in [0.25, 0.3) is 5.91 Å². The number of furan rings is 1. The summed E-state index contributed by atoms with van der Waals surface area (Å²) in [6, 6.07) is 6.64. The first-order chi connectivity index (χ1) is 11.2. The normalized spacial score (nSPS) is 21.3. The molecule has 3 heterocycles. The van der Waals surface area contributed by atoms with Crippen LogP contribution in [-0.4, -0.2) is 21.7 Å². The van der Waals surface area contributed by atoms with E-state index in [2.05, 4.69) is 0 Å². The van der Waals surface area contributed by atoms with Crippen molar-refractivity contribution in [2.24, 2.45) is 5.92 Å². The molecule has 2 aromatic rings. The minimum atomic E-state index is -0.646. The number of ketones is 1. The van der Waals surface area contributed by atoms with Gasteiger partial charge in [0, 0.05) is 10.8 Å². The number of aliphatic hydroxyl groups is 1. The van der Waals surface area contributed by atoms with Crippen LogP contribution in [0.5, 0.6) is 0 Å². The van der Waals surface area contributed by atoms with E-state index in [1.54, 1.807) is 12.1 Å². The number of hydrogen-bond acceptors (Lipinski definition) is 5. The Morgan fingerprint density at radius 2 is 2.17 bits per heavy atom. The number of carbonyl (C=O) groups is 2. The Morgan fingerprint density at radius 1 is 1.35 bits per heavy atom. The largest absolute Gasteiger partial charge is 0.503 e. The van der Waals surface area contributed by atoms with Gasteiger partial charge in [-0.3, -0.25) is 9.59 Å². The zero-order valence-corrected chi connectivity index (χ0v) is 13.1. The summed E-state index contributed by atoms with van der Waals surface area (Å²) in [4.78, 5) is 27.6. The van der Waals surface area contributed by atoms with E-state index in [9.17, 15) is 14.7 Å². The fourth-order valence-corrected chi connectivity index (χ4v) is 3.65. The third kappa shape index (κ3) is 2.39. The fourth-order valence-electron chi connectivity index (χ4n) is 2.95. The Kier molecular flexibility index (Phi) is 3.34. The summed E-state index contributed by atoms with van der Waals surface area (Å²) in [7, 11) is 0. The van der Waals surface area contributed by atoms with Crippen molar-refractivity contribution in [1.82, 2.24) is 4.90 Å². The third-order valence-corrected chi connectivity index (χ3v) is 5.10. The molecule has 118 valence electrons. The number of Topliss-reactive ketones (excluding diaryl/α,β-unsaturated/α-hetero) is 1. The number of carbonyl (C=O) groups excluding carboxylic acids is 2. The molecule has 1 unspecified atom stereocenters. The van der Waals surface area contributed by atoms with E-state index in [0.29, 0.717) is 12.3 Å². The molecule has 6 heteroatoms. The summed E-state index contributed by atoms with van der Waals surface area (Å²) in [5.41, 5.74) is 0.184. The Labute approximate surface area is 136 Å². The van der Waals surface area contributed by atoms with Crippen LogP contribution in [-0.2, 0) is 16.1 Å². The van der Waals surface area contributed by atoms with Gasteiger partial charge in [-0.05, 0) is 36.4 Å². The monoisotopic (exact) mass is 329 g/mol. The number of amides is 1. The van der Waals surface area contributed by atoms with E-state index in [1.807, 2.05) is 17.5 Å². The first kappa shape index (κ1) is 14.3. The molecule has 1 aliphatic carbocycles. The average Bonchev–Trinajstić information content (AvgIpc) is 2.96. The van der Waals surface area contributed by atoms with Crippen LogP contribution < -0.4 is 0 Å². The van der Waals surface area contributed by atoms with Gasteiger partial charge in [-0.25, -0.2) is 0 Å². The number of thiophene rings is 1. The summed E-state index contributed by atoms with van der Waals surface area (Å²) in [5, 5.41) is 12.2. The smallest absolute Gasteiger partial charge is 0.290 e. The molecule has 5 nitrogen and oxygen atoms in total. The van der Waals surface area contributed by atoms with Crippen molar-refractivity contribution in [1.29, 1.82) is 0 Å². The van der Waals surface area contributed by atoms with Crippen molar-refractivity contribution >= 4 is 23.0 Å². The van der Waals surface area contributed by atoms with Gasteiger partial charge in [0.2, 0.25) is 0 Å². The van der Waals surface area contributed by atoms with Gasteiger partial charge < -0.3 is 14.4 Å². The highest BCUT2D eigenvalue weighted by Crippen LogP contribution is 2.44. The van der Waals surface area contributed by atoms with Crippen LogP contribution >= 0.6 is 11.3 Å². The maximum atomic E-state index is 12.6. The molecule has 0 aromatic carbocycles. The lowest BCUT2D eigenvalue weighted by Crippen LogP contribution is -2.30. The van der Waals surface area contributed by atoms with Gasteiger partial charge >= 0.3 is 0 Å².